The Hall–Kier alpha value is -3.56. The fourth-order valence-electron chi connectivity index (χ4n) is 1.70. The zero-order valence-electron chi connectivity index (χ0n) is 12.0. The number of nitrogens with zero attached hydrogens (tertiary/aromatic N) is 6. The minimum absolute atomic E-state index is 0.0410. The maximum atomic E-state index is 11.9. The minimum atomic E-state index is -0.519. The second-order valence-corrected chi connectivity index (χ2v) is 4.63. The maximum Gasteiger partial charge on any atom is 0.293 e. The van der Waals surface area contributed by atoms with Crippen molar-refractivity contribution in [3.05, 3.63) is 47.3 Å². The van der Waals surface area contributed by atoms with Gasteiger partial charge in [-0.25, -0.2) is 10.1 Å². The number of nitrogen functional groups attached to an aromatic ring is 1. The molecule has 1 amide bonds. The van der Waals surface area contributed by atoms with Gasteiger partial charge in [0.15, 0.2) is 5.69 Å². The van der Waals surface area contributed by atoms with Crippen LogP contribution >= 0.6 is 0 Å². The molecule has 0 aliphatic heterocycles. The van der Waals surface area contributed by atoms with Crippen LogP contribution in [-0.4, -0.2) is 37.4 Å². The molecule has 0 saturated heterocycles. The lowest BCUT2D eigenvalue weighted by Gasteiger charge is -1.96. The molecule has 116 valence electrons. The Bertz CT molecular complexity index is 849. The quantitative estimate of drug-likeness (QED) is 0.522. The third-order valence-electron chi connectivity index (χ3n) is 2.90. The van der Waals surface area contributed by atoms with Gasteiger partial charge in [-0.2, -0.15) is 9.78 Å². The third kappa shape index (κ3) is 3.20. The fourth-order valence-corrected chi connectivity index (χ4v) is 1.70. The summed E-state index contributed by atoms with van der Waals surface area (Å²) in [5, 5.41) is 18.3. The van der Waals surface area contributed by atoms with Gasteiger partial charge in [0.25, 0.3) is 5.91 Å². The van der Waals surface area contributed by atoms with Crippen molar-refractivity contribution in [1.82, 2.24) is 30.7 Å². The standard InChI is InChI=1S/C13H12N8O2/c1-8-2-4-9(5-3-8)6-15-17-13(22)10-7-21(20-16-10)12-11(14)18-23-19-12/h2-7H,1H3,(H2,14,18)(H,17,22)/b15-6+. The number of carbonyl (C=O) groups is 1. The fraction of sp³-hybridized carbons (Fsp3) is 0.0769. The molecular formula is C13H12N8O2. The van der Waals surface area contributed by atoms with Crippen LogP contribution in [0, 0.1) is 6.92 Å². The zero-order chi connectivity index (χ0) is 16.2. The first-order chi connectivity index (χ1) is 11.1. The molecule has 3 N–H and O–H groups in total. The lowest BCUT2D eigenvalue weighted by molar-refractivity contribution is 0.0950. The number of aromatic nitrogens is 5. The smallest absolute Gasteiger partial charge is 0.293 e. The number of anilines is 1. The Balaban J connectivity index is 1.66. The first-order valence-electron chi connectivity index (χ1n) is 6.54. The van der Waals surface area contributed by atoms with E-state index in [0.717, 1.165) is 11.1 Å². The zero-order valence-corrected chi connectivity index (χ0v) is 12.0. The second-order valence-electron chi connectivity index (χ2n) is 4.63. The molecule has 0 saturated carbocycles. The molecule has 0 aliphatic rings. The molecule has 10 heteroatoms. The number of hydrazone groups is 1. The van der Waals surface area contributed by atoms with E-state index in [2.05, 4.69) is 35.8 Å². The minimum Gasteiger partial charge on any atom is -0.378 e. The van der Waals surface area contributed by atoms with Crippen LogP contribution in [0.1, 0.15) is 21.6 Å². The van der Waals surface area contributed by atoms with E-state index < -0.39 is 5.91 Å². The predicted molar refractivity (Wildman–Crippen MR) is 79.9 cm³/mol. The van der Waals surface area contributed by atoms with Crippen molar-refractivity contribution in [2.75, 3.05) is 5.73 Å². The normalized spacial score (nSPS) is 11.0. The molecule has 10 nitrogen and oxygen atoms in total. The first kappa shape index (κ1) is 14.4. The van der Waals surface area contributed by atoms with Crippen LogP contribution in [0.4, 0.5) is 5.82 Å². The van der Waals surface area contributed by atoms with Crippen molar-refractivity contribution in [3.63, 3.8) is 0 Å². The molecule has 0 fully saturated rings. The van der Waals surface area contributed by atoms with Gasteiger partial charge in [0.1, 0.15) is 0 Å². The average Bonchev–Trinajstić information content (AvgIpc) is 3.17. The summed E-state index contributed by atoms with van der Waals surface area (Å²) < 4.78 is 5.64. The molecule has 0 radical (unpaired) electrons. The summed E-state index contributed by atoms with van der Waals surface area (Å²) in [5.74, 6) is -0.325. The molecule has 3 aromatic rings. The van der Waals surface area contributed by atoms with Crippen molar-refractivity contribution >= 4 is 17.9 Å². The van der Waals surface area contributed by atoms with Gasteiger partial charge in [-0.05, 0) is 22.8 Å². The van der Waals surface area contributed by atoms with E-state index in [0.29, 0.717) is 0 Å². The number of hydrogen-bond acceptors (Lipinski definition) is 8. The van der Waals surface area contributed by atoms with Crippen molar-refractivity contribution < 1.29 is 9.42 Å². The van der Waals surface area contributed by atoms with Crippen molar-refractivity contribution in [3.8, 4) is 5.82 Å². The van der Waals surface area contributed by atoms with Crippen LogP contribution in [0.2, 0.25) is 0 Å². The van der Waals surface area contributed by atoms with Crippen molar-refractivity contribution in [1.29, 1.82) is 0 Å². The van der Waals surface area contributed by atoms with Crippen LogP contribution in [-0.2, 0) is 0 Å². The number of benzene rings is 1. The maximum absolute atomic E-state index is 11.9. The van der Waals surface area contributed by atoms with Gasteiger partial charge >= 0.3 is 0 Å². The van der Waals surface area contributed by atoms with Crippen LogP contribution < -0.4 is 11.2 Å². The van der Waals surface area contributed by atoms with Gasteiger partial charge in [-0.15, -0.1) is 5.10 Å². The van der Waals surface area contributed by atoms with Crippen LogP contribution in [0.25, 0.3) is 5.82 Å². The number of nitrogens with one attached hydrogen (secondary N) is 1. The van der Waals surface area contributed by atoms with Gasteiger partial charge in [-0.1, -0.05) is 35.0 Å². The molecule has 1 aromatic carbocycles. The Morgan fingerprint density at radius 3 is 2.83 bits per heavy atom. The molecule has 0 unspecified atom stereocenters. The summed E-state index contributed by atoms with van der Waals surface area (Å²) in [6.07, 6.45) is 2.87. The number of nitrogens with two attached hydrogens (primary N) is 1. The van der Waals surface area contributed by atoms with Crippen molar-refractivity contribution in [2.45, 2.75) is 6.92 Å². The summed E-state index contributed by atoms with van der Waals surface area (Å²) in [6, 6.07) is 7.68. The van der Waals surface area contributed by atoms with E-state index in [1.807, 2.05) is 31.2 Å². The molecule has 0 aliphatic carbocycles. The van der Waals surface area contributed by atoms with Gasteiger partial charge in [0.05, 0.1) is 12.4 Å². The lowest BCUT2D eigenvalue weighted by Crippen LogP contribution is -2.18. The summed E-state index contributed by atoms with van der Waals surface area (Å²) in [4.78, 5) is 11.9. The van der Waals surface area contributed by atoms with E-state index in [4.69, 9.17) is 5.73 Å². The summed E-state index contributed by atoms with van der Waals surface area (Å²) in [6.45, 7) is 1.99. The van der Waals surface area contributed by atoms with Crippen LogP contribution in [0.15, 0.2) is 40.2 Å². The molecular weight excluding hydrogens is 300 g/mol. The number of aryl methyl sites for hydroxylation is 1. The Kier molecular flexibility index (Phi) is 3.78. The van der Waals surface area contributed by atoms with Crippen LogP contribution in [0.5, 0.6) is 0 Å². The molecule has 0 spiro atoms. The van der Waals surface area contributed by atoms with Crippen molar-refractivity contribution in [2.24, 2.45) is 5.10 Å². The van der Waals surface area contributed by atoms with Crippen LogP contribution in [0.3, 0.4) is 0 Å². The topological polar surface area (TPSA) is 137 Å². The monoisotopic (exact) mass is 312 g/mol. The van der Waals surface area contributed by atoms with E-state index in [9.17, 15) is 4.79 Å². The Morgan fingerprint density at radius 2 is 2.13 bits per heavy atom. The molecule has 0 atom stereocenters. The number of hydrogen-bond donors (Lipinski definition) is 2. The van der Waals surface area contributed by atoms with E-state index in [1.165, 1.54) is 17.1 Å². The Morgan fingerprint density at radius 1 is 1.35 bits per heavy atom. The predicted octanol–water partition coefficient (Wildman–Crippen LogP) is 0.305. The molecule has 23 heavy (non-hydrogen) atoms. The SMILES string of the molecule is Cc1ccc(/C=N/NC(=O)c2cn(-c3nonc3N)nn2)cc1. The largest absolute Gasteiger partial charge is 0.378 e. The highest BCUT2D eigenvalue weighted by molar-refractivity contribution is 5.92. The highest BCUT2D eigenvalue weighted by atomic mass is 16.6. The number of amides is 1. The highest BCUT2D eigenvalue weighted by Crippen LogP contribution is 2.09. The third-order valence-corrected chi connectivity index (χ3v) is 2.90. The van der Waals surface area contributed by atoms with E-state index in [1.54, 1.807) is 0 Å². The molecule has 2 heterocycles. The van der Waals surface area contributed by atoms with E-state index in [-0.39, 0.29) is 17.3 Å². The summed E-state index contributed by atoms with van der Waals surface area (Å²) in [7, 11) is 0. The molecule has 3 rings (SSSR count). The van der Waals surface area contributed by atoms with Gasteiger partial charge < -0.3 is 5.73 Å². The Labute approximate surface area is 129 Å². The number of carbonyl (C=O) groups excluding carboxylic acids is 1. The summed E-state index contributed by atoms with van der Waals surface area (Å²) >= 11 is 0. The van der Waals surface area contributed by atoms with E-state index >= 15 is 0 Å². The molecule has 0 bridgehead atoms. The van der Waals surface area contributed by atoms with Gasteiger partial charge in [0, 0.05) is 0 Å². The second kappa shape index (κ2) is 6.05. The lowest BCUT2D eigenvalue weighted by atomic mass is 10.2. The number of rotatable bonds is 4. The highest BCUT2D eigenvalue weighted by Gasteiger charge is 2.15. The average molecular weight is 312 g/mol. The summed E-state index contributed by atoms with van der Waals surface area (Å²) in [5.41, 5.74) is 9.95. The first-order valence-corrected chi connectivity index (χ1v) is 6.54. The van der Waals surface area contributed by atoms with Gasteiger partial charge in [-0.3, -0.25) is 4.79 Å². The van der Waals surface area contributed by atoms with Gasteiger partial charge in [0.2, 0.25) is 11.6 Å². The molecule has 2 aromatic heterocycles.